The third kappa shape index (κ3) is 3.09. The first kappa shape index (κ1) is 15.0. The van der Waals surface area contributed by atoms with Crippen LogP contribution in [-0.4, -0.2) is 34.7 Å². The summed E-state index contributed by atoms with van der Waals surface area (Å²) in [5.74, 6) is 2.35. The number of aryl methyl sites for hydroxylation is 2. The van der Waals surface area contributed by atoms with Gasteiger partial charge in [-0.2, -0.15) is 5.10 Å². The average Bonchev–Trinajstić information content (AvgIpc) is 3.26. The van der Waals surface area contributed by atoms with E-state index in [0.717, 1.165) is 34.5 Å². The van der Waals surface area contributed by atoms with Gasteiger partial charge in [-0.3, -0.25) is 0 Å². The van der Waals surface area contributed by atoms with Crippen molar-refractivity contribution in [3.63, 3.8) is 0 Å². The fourth-order valence-corrected chi connectivity index (χ4v) is 2.58. The van der Waals surface area contributed by atoms with Gasteiger partial charge in [0.2, 0.25) is 0 Å². The van der Waals surface area contributed by atoms with Crippen molar-refractivity contribution in [3.8, 4) is 11.4 Å². The van der Waals surface area contributed by atoms with Gasteiger partial charge in [0.15, 0.2) is 0 Å². The highest BCUT2D eigenvalue weighted by atomic mass is 15.4. The molecule has 0 bridgehead atoms. The summed E-state index contributed by atoms with van der Waals surface area (Å²) in [6, 6.07) is 11.7. The van der Waals surface area contributed by atoms with Crippen molar-refractivity contribution in [2.24, 2.45) is 0 Å². The summed E-state index contributed by atoms with van der Waals surface area (Å²) in [4.78, 5) is 8.67. The molecule has 0 amide bonds. The number of nitrogens with zero attached hydrogens (tertiary/aromatic N) is 7. The zero-order chi connectivity index (χ0) is 17.2. The molecule has 4 rings (SSSR count). The van der Waals surface area contributed by atoms with Crippen LogP contribution in [0.2, 0.25) is 0 Å². The van der Waals surface area contributed by atoms with Crippen molar-refractivity contribution in [1.82, 2.24) is 34.7 Å². The van der Waals surface area contributed by atoms with Crippen LogP contribution in [0.5, 0.6) is 0 Å². The van der Waals surface area contributed by atoms with Crippen molar-refractivity contribution in [2.45, 2.75) is 13.8 Å². The standard InChI is InChI=1S/C17H16N8/c1-12-20-13(2)25(22-12)15-5-3-14(4-6-15)21-17-11-16(7-8-18-17)24-10-9-19-23-24/h3-11H,1-2H3,(H,18,21). The molecule has 0 fully saturated rings. The van der Waals surface area contributed by atoms with Gasteiger partial charge in [-0.25, -0.2) is 19.3 Å². The van der Waals surface area contributed by atoms with Crippen molar-refractivity contribution < 1.29 is 0 Å². The molecule has 124 valence electrons. The Balaban J connectivity index is 1.56. The minimum absolute atomic E-state index is 0.730. The van der Waals surface area contributed by atoms with Crippen molar-refractivity contribution in [2.75, 3.05) is 5.32 Å². The summed E-state index contributed by atoms with van der Waals surface area (Å²) in [7, 11) is 0. The highest BCUT2D eigenvalue weighted by molar-refractivity contribution is 5.59. The van der Waals surface area contributed by atoms with Gasteiger partial charge in [-0.1, -0.05) is 5.21 Å². The number of pyridine rings is 1. The zero-order valence-corrected chi connectivity index (χ0v) is 13.8. The quantitative estimate of drug-likeness (QED) is 0.618. The molecular weight excluding hydrogens is 316 g/mol. The molecule has 0 radical (unpaired) electrons. The summed E-state index contributed by atoms with van der Waals surface area (Å²) >= 11 is 0. The van der Waals surface area contributed by atoms with Crippen LogP contribution in [0.3, 0.4) is 0 Å². The van der Waals surface area contributed by atoms with Crippen LogP contribution in [0.25, 0.3) is 11.4 Å². The molecule has 0 atom stereocenters. The molecule has 1 aromatic carbocycles. The first-order valence-electron chi connectivity index (χ1n) is 7.79. The van der Waals surface area contributed by atoms with Gasteiger partial charge in [0.05, 0.1) is 23.8 Å². The molecule has 8 heteroatoms. The third-order valence-corrected chi connectivity index (χ3v) is 3.69. The second-order valence-corrected chi connectivity index (χ2v) is 5.54. The lowest BCUT2D eigenvalue weighted by Crippen LogP contribution is -2.01. The summed E-state index contributed by atoms with van der Waals surface area (Å²) < 4.78 is 3.51. The van der Waals surface area contributed by atoms with Crippen LogP contribution in [-0.2, 0) is 0 Å². The Kier molecular flexibility index (Phi) is 3.70. The molecule has 8 nitrogen and oxygen atoms in total. The minimum atomic E-state index is 0.730. The second kappa shape index (κ2) is 6.16. The van der Waals surface area contributed by atoms with Crippen molar-refractivity contribution >= 4 is 11.5 Å². The first-order chi connectivity index (χ1) is 12.2. The molecule has 4 aromatic rings. The van der Waals surface area contributed by atoms with Gasteiger partial charge in [-0.15, -0.1) is 5.10 Å². The first-order valence-corrected chi connectivity index (χ1v) is 7.79. The lowest BCUT2D eigenvalue weighted by molar-refractivity contribution is 0.802. The highest BCUT2D eigenvalue weighted by Crippen LogP contribution is 2.19. The molecule has 0 aliphatic carbocycles. The van der Waals surface area contributed by atoms with Gasteiger partial charge in [-0.05, 0) is 44.2 Å². The number of benzene rings is 1. The van der Waals surface area contributed by atoms with E-state index in [2.05, 4.69) is 30.7 Å². The van der Waals surface area contributed by atoms with Gasteiger partial charge in [0.1, 0.15) is 17.5 Å². The summed E-state index contributed by atoms with van der Waals surface area (Å²) in [5.41, 5.74) is 2.79. The summed E-state index contributed by atoms with van der Waals surface area (Å²) in [6.07, 6.45) is 5.16. The largest absolute Gasteiger partial charge is 0.340 e. The van der Waals surface area contributed by atoms with E-state index in [-0.39, 0.29) is 0 Å². The summed E-state index contributed by atoms with van der Waals surface area (Å²) in [5, 5.41) is 15.5. The number of nitrogens with one attached hydrogen (secondary N) is 1. The molecule has 1 N–H and O–H groups in total. The Labute approximate surface area is 144 Å². The molecule has 0 aliphatic rings. The predicted octanol–water partition coefficient (Wildman–Crippen LogP) is 2.60. The molecule has 0 aliphatic heterocycles. The number of hydrogen-bond acceptors (Lipinski definition) is 6. The van der Waals surface area contributed by atoms with Crippen LogP contribution in [0.4, 0.5) is 11.5 Å². The summed E-state index contributed by atoms with van der Waals surface area (Å²) in [6.45, 7) is 3.82. The molecule has 0 spiro atoms. The molecular formula is C17H16N8. The third-order valence-electron chi connectivity index (χ3n) is 3.69. The van der Waals surface area contributed by atoms with Crippen LogP contribution in [0.15, 0.2) is 55.0 Å². The maximum atomic E-state index is 4.39. The van der Waals surface area contributed by atoms with Crippen LogP contribution in [0.1, 0.15) is 11.6 Å². The second-order valence-electron chi connectivity index (χ2n) is 5.54. The topological polar surface area (TPSA) is 86.3 Å². The van der Waals surface area contributed by atoms with Crippen LogP contribution < -0.4 is 5.32 Å². The highest BCUT2D eigenvalue weighted by Gasteiger charge is 2.06. The lowest BCUT2D eigenvalue weighted by atomic mass is 10.2. The van der Waals surface area contributed by atoms with Gasteiger partial charge in [0, 0.05) is 18.0 Å². The smallest absolute Gasteiger partial charge is 0.148 e. The minimum Gasteiger partial charge on any atom is -0.340 e. The van der Waals surface area contributed by atoms with E-state index in [1.165, 1.54) is 0 Å². The number of aromatic nitrogens is 7. The van der Waals surface area contributed by atoms with Gasteiger partial charge >= 0.3 is 0 Å². The SMILES string of the molecule is Cc1nc(C)n(-c2ccc(Nc3cc(-n4ccnn4)ccn3)cc2)n1. The lowest BCUT2D eigenvalue weighted by Gasteiger charge is -2.09. The fourth-order valence-electron chi connectivity index (χ4n) is 2.58. The van der Waals surface area contributed by atoms with Gasteiger partial charge < -0.3 is 5.32 Å². The van der Waals surface area contributed by atoms with E-state index in [9.17, 15) is 0 Å². The number of hydrogen-bond donors (Lipinski definition) is 1. The Morgan fingerprint density at radius 1 is 0.960 bits per heavy atom. The average molecular weight is 332 g/mol. The normalized spacial score (nSPS) is 10.8. The van der Waals surface area contributed by atoms with E-state index < -0.39 is 0 Å². The predicted molar refractivity (Wildman–Crippen MR) is 93.3 cm³/mol. The van der Waals surface area contributed by atoms with E-state index in [1.54, 1.807) is 23.3 Å². The Bertz CT molecular complexity index is 986. The Morgan fingerprint density at radius 3 is 2.48 bits per heavy atom. The van der Waals surface area contributed by atoms with E-state index in [0.29, 0.717) is 0 Å². The van der Waals surface area contributed by atoms with E-state index in [1.807, 2.05) is 54.9 Å². The van der Waals surface area contributed by atoms with Crippen molar-refractivity contribution in [1.29, 1.82) is 0 Å². The molecule has 0 unspecified atom stereocenters. The van der Waals surface area contributed by atoms with Crippen LogP contribution in [0, 0.1) is 13.8 Å². The Hall–Kier alpha value is -3.55. The molecule has 25 heavy (non-hydrogen) atoms. The molecule has 3 heterocycles. The van der Waals surface area contributed by atoms with Crippen molar-refractivity contribution in [3.05, 3.63) is 66.6 Å². The molecule has 3 aromatic heterocycles. The van der Waals surface area contributed by atoms with E-state index >= 15 is 0 Å². The Morgan fingerprint density at radius 2 is 1.80 bits per heavy atom. The van der Waals surface area contributed by atoms with Crippen LogP contribution >= 0.6 is 0 Å². The van der Waals surface area contributed by atoms with E-state index in [4.69, 9.17) is 0 Å². The maximum absolute atomic E-state index is 4.39. The molecule has 0 saturated heterocycles. The number of anilines is 2. The fraction of sp³-hybridized carbons (Fsp3) is 0.118. The van der Waals surface area contributed by atoms with Gasteiger partial charge in [0.25, 0.3) is 0 Å². The molecule has 0 saturated carbocycles. The number of rotatable bonds is 4. The zero-order valence-electron chi connectivity index (χ0n) is 13.8. The monoisotopic (exact) mass is 332 g/mol. The maximum Gasteiger partial charge on any atom is 0.148 e.